The second kappa shape index (κ2) is 3.71. The van der Waals surface area contributed by atoms with Crippen LogP contribution in [0.25, 0.3) is 0 Å². The predicted molar refractivity (Wildman–Crippen MR) is 65.4 cm³/mol. The number of nitrogens with zero attached hydrogens (tertiary/aromatic N) is 3. The Bertz CT molecular complexity index is 699. The van der Waals surface area contributed by atoms with Gasteiger partial charge in [0.25, 0.3) is 0 Å². The first-order valence-corrected chi connectivity index (χ1v) is 5.64. The Hall–Kier alpha value is -2.08. The van der Waals surface area contributed by atoms with Crippen LogP contribution in [0.1, 0.15) is 12.3 Å². The number of hydrogen-bond acceptors (Lipinski definition) is 3. The summed E-state index contributed by atoms with van der Waals surface area (Å²) in [5, 5.41) is 0. The van der Waals surface area contributed by atoms with Crippen LogP contribution < -0.4 is 11.4 Å². The molecule has 0 amide bonds. The van der Waals surface area contributed by atoms with Gasteiger partial charge in [-0.1, -0.05) is 30.4 Å². The van der Waals surface area contributed by atoms with E-state index in [9.17, 15) is 9.59 Å². The minimum absolute atomic E-state index is 0.258. The van der Waals surface area contributed by atoms with Gasteiger partial charge in [-0.2, -0.15) is 4.68 Å². The number of ether oxygens (including phenoxy) is 1. The number of hydrogen-bond donors (Lipinski definition) is 0. The Labute approximate surface area is 103 Å². The number of rotatable bonds is 1. The fraction of sp³-hybridized carbons (Fsp3) is 0.333. The Balaban J connectivity index is 2.35. The third-order valence-electron chi connectivity index (χ3n) is 3.34. The average molecular weight is 247 g/mol. The Kier molecular flexibility index (Phi) is 2.27. The SMILES string of the molecule is CO[C@@H]1C2=CC=CC=C[C@H]2n2c(=O)n(C)c(=O)n21. The highest BCUT2D eigenvalue weighted by Crippen LogP contribution is 2.35. The zero-order valence-electron chi connectivity index (χ0n) is 10.1. The molecule has 0 radical (unpaired) electrons. The zero-order valence-corrected chi connectivity index (χ0v) is 10.1. The average Bonchev–Trinajstić information content (AvgIpc) is 2.66. The molecule has 18 heavy (non-hydrogen) atoms. The molecule has 0 saturated carbocycles. The fourth-order valence-electron chi connectivity index (χ4n) is 2.48. The lowest BCUT2D eigenvalue weighted by molar-refractivity contribution is 0.0706. The van der Waals surface area contributed by atoms with E-state index >= 15 is 0 Å². The van der Waals surface area contributed by atoms with Crippen LogP contribution >= 0.6 is 0 Å². The van der Waals surface area contributed by atoms with Gasteiger partial charge in [0.2, 0.25) is 0 Å². The van der Waals surface area contributed by atoms with E-state index in [1.165, 1.54) is 23.5 Å². The van der Waals surface area contributed by atoms with Crippen LogP contribution in [-0.2, 0) is 11.8 Å². The van der Waals surface area contributed by atoms with Gasteiger partial charge in [-0.3, -0.25) is 0 Å². The number of fused-ring (bicyclic) bond motifs is 3. The van der Waals surface area contributed by atoms with Gasteiger partial charge in [-0.05, 0) is 0 Å². The minimum atomic E-state index is -0.524. The van der Waals surface area contributed by atoms with E-state index in [0.717, 1.165) is 10.1 Å². The van der Waals surface area contributed by atoms with Crippen molar-refractivity contribution < 1.29 is 4.74 Å². The van der Waals surface area contributed by atoms with Crippen LogP contribution in [0.2, 0.25) is 0 Å². The number of aromatic nitrogens is 3. The summed E-state index contributed by atoms with van der Waals surface area (Å²) >= 11 is 0. The third-order valence-corrected chi connectivity index (χ3v) is 3.34. The molecule has 6 nitrogen and oxygen atoms in total. The predicted octanol–water partition coefficient (Wildman–Crippen LogP) is 0.101. The normalized spacial score (nSPS) is 24.7. The lowest BCUT2D eigenvalue weighted by Gasteiger charge is -2.11. The van der Waals surface area contributed by atoms with Gasteiger partial charge in [0.15, 0.2) is 6.23 Å². The van der Waals surface area contributed by atoms with Crippen molar-refractivity contribution in [2.45, 2.75) is 12.3 Å². The van der Waals surface area contributed by atoms with E-state index in [0.29, 0.717) is 0 Å². The molecule has 2 atom stereocenters. The van der Waals surface area contributed by atoms with E-state index in [1.807, 2.05) is 30.4 Å². The Morgan fingerprint density at radius 1 is 1.11 bits per heavy atom. The molecular weight excluding hydrogens is 234 g/mol. The molecule has 0 fully saturated rings. The van der Waals surface area contributed by atoms with Gasteiger partial charge in [-0.25, -0.2) is 18.8 Å². The summed E-state index contributed by atoms with van der Waals surface area (Å²) in [5.41, 5.74) is 0.192. The summed E-state index contributed by atoms with van der Waals surface area (Å²) in [4.78, 5) is 24.1. The minimum Gasteiger partial charge on any atom is -0.355 e. The summed E-state index contributed by atoms with van der Waals surface area (Å²) in [7, 11) is 3.00. The van der Waals surface area contributed by atoms with Crippen LogP contribution in [0.4, 0.5) is 0 Å². The molecule has 0 aromatic carbocycles. The van der Waals surface area contributed by atoms with Crippen molar-refractivity contribution in [1.29, 1.82) is 0 Å². The standard InChI is InChI=1S/C12H13N3O3/c1-13-11(16)14-9-7-5-3-4-6-8(9)10(18-2)15(14)12(13)17/h3-7,9-10H,1-2H3/t9-,10-/m1/s1. The lowest BCUT2D eigenvalue weighted by atomic mass is 10.1. The summed E-state index contributed by atoms with van der Waals surface area (Å²) in [6.07, 6.45) is 8.86. The first-order valence-electron chi connectivity index (χ1n) is 5.64. The summed E-state index contributed by atoms with van der Waals surface area (Å²) < 4.78 is 9.26. The molecule has 0 N–H and O–H groups in total. The molecule has 1 aliphatic heterocycles. The Morgan fingerprint density at radius 3 is 2.56 bits per heavy atom. The Morgan fingerprint density at radius 2 is 1.83 bits per heavy atom. The third kappa shape index (κ3) is 1.20. The topological polar surface area (TPSA) is 58.2 Å². The van der Waals surface area contributed by atoms with Crippen LogP contribution in [0.15, 0.2) is 45.5 Å². The van der Waals surface area contributed by atoms with E-state index in [4.69, 9.17) is 4.74 Å². The maximum absolute atomic E-state index is 12.1. The quantitative estimate of drug-likeness (QED) is 0.707. The summed E-state index contributed by atoms with van der Waals surface area (Å²) in [6.45, 7) is 0. The molecule has 1 aromatic rings. The van der Waals surface area contributed by atoms with E-state index in [2.05, 4.69) is 0 Å². The molecule has 3 rings (SSSR count). The van der Waals surface area contributed by atoms with E-state index < -0.39 is 6.23 Å². The highest BCUT2D eigenvalue weighted by molar-refractivity contribution is 5.32. The molecule has 2 aliphatic rings. The van der Waals surface area contributed by atoms with Gasteiger partial charge in [0.05, 0.1) is 6.04 Å². The molecule has 1 aromatic heterocycles. The zero-order chi connectivity index (χ0) is 12.9. The molecule has 0 bridgehead atoms. The molecule has 2 heterocycles. The molecule has 0 saturated heterocycles. The van der Waals surface area contributed by atoms with Gasteiger partial charge in [0.1, 0.15) is 0 Å². The van der Waals surface area contributed by atoms with Gasteiger partial charge < -0.3 is 4.74 Å². The highest BCUT2D eigenvalue weighted by Gasteiger charge is 2.38. The fourth-order valence-corrected chi connectivity index (χ4v) is 2.48. The van der Waals surface area contributed by atoms with E-state index in [-0.39, 0.29) is 17.4 Å². The maximum Gasteiger partial charge on any atom is 0.349 e. The molecule has 1 aliphatic carbocycles. The molecule has 94 valence electrons. The molecule has 6 heteroatoms. The van der Waals surface area contributed by atoms with Gasteiger partial charge in [-0.15, -0.1) is 0 Å². The van der Waals surface area contributed by atoms with Crippen molar-refractivity contribution in [2.75, 3.05) is 7.11 Å². The monoisotopic (exact) mass is 247 g/mol. The van der Waals surface area contributed by atoms with Crippen molar-refractivity contribution in [3.63, 3.8) is 0 Å². The highest BCUT2D eigenvalue weighted by atomic mass is 16.5. The number of allylic oxidation sites excluding steroid dienone is 5. The first kappa shape index (κ1) is 11.0. The second-order valence-electron chi connectivity index (χ2n) is 4.28. The summed E-state index contributed by atoms with van der Waals surface area (Å²) in [6, 6.07) is -0.258. The van der Waals surface area contributed by atoms with Gasteiger partial charge >= 0.3 is 11.4 Å². The first-order chi connectivity index (χ1) is 8.66. The van der Waals surface area contributed by atoms with Crippen molar-refractivity contribution in [1.82, 2.24) is 13.9 Å². The van der Waals surface area contributed by atoms with Crippen LogP contribution in [-0.4, -0.2) is 21.0 Å². The van der Waals surface area contributed by atoms with Crippen LogP contribution in [0, 0.1) is 0 Å². The van der Waals surface area contributed by atoms with Crippen molar-refractivity contribution in [3.05, 3.63) is 56.9 Å². The van der Waals surface area contributed by atoms with Gasteiger partial charge in [0, 0.05) is 19.7 Å². The van der Waals surface area contributed by atoms with Crippen molar-refractivity contribution in [2.24, 2.45) is 7.05 Å². The largest absolute Gasteiger partial charge is 0.355 e. The molecule has 0 spiro atoms. The lowest BCUT2D eigenvalue weighted by Crippen LogP contribution is -2.29. The van der Waals surface area contributed by atoms with Crippen molar-refractivity contribution >= 4 is 0 Å². The summed E-state index contributed by atoms with van der Waals surface area (Å²) in [5.74, 6) is 0. The second-order valence-corrected chi connectivity index (χ2v) is 4.28. The molecule has 0 unspecified atom stereocenters. The maximum atomic E-state index is 12.1. The van der Waals surface area contributed by atoms with E-state index in [1.54, 1.807) is 0 Å². The van der Waals surface area contributed by atoms with Crippen LogP contribution in [0.5, 0.6) is 0 Å². The van der Waals surface area contributed by atoms with Crippen LogP contribution in [0.3, 0.4) is 0 Å². The smallest absolute Gasteiger partial charge is 0.349 e. The van der Waals surface area contributed by atoms with Crippen molar-refractivity contribution in [3.8, 4) is 0 Å². The molecular formula is C12H13N3O3. The number of methoxy groups -OCH3 is 1.